The van der Waals surface area contributed by atoms with Crippen molar-refractivity contribution in [1.82, 2.24) is 5.32 Å². The van der Waals surface area contributed by atoms with Crippen LogP contribution < -0.4 is 15.4 Å². The average molecular weight is 331 g/mol. The first-order valence-corrected chi connectivity index (χ1v) is 7.89. The lowest BCUT2D eigenvalue weighted by Crippen LogP contribution is -2.28. The van der Waals surface area contributed by atoms with E-state index in [0.717, 1.165) is 32.4 Å². The van der Waals surface area contributed by atoms with Gasteiger partial charge in [0, 0.05) is 12.1 Å². The maximum atomic E-state index is 12.0. The summed E-state index contributed by atoms with van der Waals surface area (Å²) in [5.74, 6) is 1.05. The quantitative estimate of drug-likeness (QED) is 0.865. The Labute approximate surface area is 135 Å². The van der Waals surface area contributed by atoms with E-state index in [4.69, 9.17) is 27.9 Å². The average Bonchev–Trinajstić information content (AvgIpc) is 2.46. The zero-order valence-corrected chi connectivity index (χ0v) is 13.6. The van der Waals surface area contributed by atoms with Crippen molar-refractivity contribution in [3.05, 3.63) is 22.2 Å². The van der Waals surface area contributed by atoms with Crippen LogP contribution in [-0.4, -0.2) is 26.1 Å². The van der Waals surface area contributed by atoms with E-state index < -0.39 is 0 Å². The summed E-state index contributed by atoms with van der Waals surface area (Å²) in [7, 11) is 1.50. The van der Waals surface area contributed by atoms with Gasteiger partial charge >= 0.3 is 0 Å². The van der Waals surface area contributed by atoms with E-state index in [1.54, 1.807) is 12.1 Å². The fourth-order valence-corrected chi connectivity index (χ4v) is 3.20. The molecule has 2 N–H and O–H groups in total. The molecular formula is C15H20Cl2N2O2. The third kappa shape index (κ3) is 4.77. The topological polar surface area (TPSA) is 50.4 Å². The van der Waals surface area contributed by atoms with E-state index in [-0.39, 0.29) is 5.91 Å². The molecule has 1 fully saturated rings. The second-order valence-corrected chi connectivity index (χ2v) is 6.07. The first kappa shape index (κ1) is 16.4. The van der Waals surface area contributed by atoms with Crippen LogP contribution >= 0.6 is 23.2 Å². The SMILES string of the molecule is COc1c(Cl)cc(NC(=O)CCC2CCNCC2)cc1Cl. The Morgan fingerprint density at radius 3 is 2.52 bits per heavy atom. The van der Waals surface area contributed by atoms with Crippen molar-refractivity contribution < 1.29 is 9.53 Å². The summed E-state index contributed by atoms with van der Waals surface area (Å²) < 4.78 is 5.08. The lowest BCUT2D eigenvalue weighted by Gasteiger charge is -2.22. The summed E-state index contributed by atoms with van der Waals surface area (Å²) in [5.41, 5.74) is 0.598. The maximum Gasteiger partial charge on any atom is 0.224 e. The number of hydrogen-bond acceptors (Lipinski definition) is 3. The molecule has 0 bridgehead atoms. The minimum atomic E-state index is -0.00849. The van der Waals surface area contributed by atoms with Crippen LogP contribution in [0, 0.1) is 5.92 Å². The highest BCUT2D eigenvalue weighted by atomic mass is 35.5. The Kier molecular flexibility index (Phi) is 6.15. The van der Waals surface area contributed by atoms with Crippen molar-refractivity contribution in [1.29, 1.82) is 0 Å². The molecule has 1 aliphatic rings. The molecule has 1 heterocycles. The zero-order chi connectivity index (χ0) is 15.2. The molecule has 0 atom stereocenters. The Morgan fingerprint density at radius 1 is 1.33 bits per heavy atom. The van der Waals surface area contributed by atoms with Crippen LogP contribution in [0.15, 0.2) is 12.1 Å². The van der Waals surface area contributed by atoms with Crippen LogP contribution in [0.2, 0.25) is 10.0 Å². The molecule has 6 heteroatoms. The van der Waals surface area contributed by atoms with Crippen LogP contribution in [0.25, 0.3) is 0 Å². The Morgan fingerprint density at radius 2 is 1.95 bits per heavy atom. The Balaban J connectivity index is 1.87. The van der Waals surface area contributed by atoms with Gasteiger partial charge in [-0.3, -0.25) is 4.79 Å². The van der Waals surface area contributed by atoms with E-state index in [9.17, 15) is 4.79 Å². The molecule has 1 aromatic rings. The molecule has 1 amide bonds. The molecular weight excluding hydrogens is 311 g/mol. The molecule has 116 valence electrons. The number of carbonyl (C=O) groups excluding carboxylic acids is 1. The molecule has 0 spiro atoms. The van der Waals surface area contributed by atoms with E-state index in [1.807, 2.05) is 0 Å². The molecule has 0 saturated carbocycles. The predicted octanol–water partition coefficient (Wildman–Crippen LogP) is 3.72. The van der Waals surface area contributed by atoms with Gasteiger partial charge in [-0.25, -0.2) is 0 Å². The number of nitrogens with one attached hydrogen (secondary N) is 2. The number of piperidine rings is 1. The molecule has 2 rings (SSSR count). The summed E-state index contributed by atoms with van der Waals surface area (Å²) in [6, 6.07) is 3.30. The van der Waals surface area contributed by atoms with E-state index in [0.29, 0.717) is 33.8 Å². The molecule has 0 aromatic heterocycles. The second-order valence-electron chi connectivity index (χ2n) is 5.25. The fourth-order valence-electron chi connectivity index (χ4n) is 2.56. The lowest BCUT2D eigenvalue weighted by molar-refractivity contribution is -0.116. The zero-order valence-electron chi connectivity index (χ0n) is 12.0. The minimum Gasteiger partial charge on any atom is -0.494 e. The summed E-state index contributed by atoms with van der Waals surface area (Å²) >= 11 is 12.1. The van der Waals surface area contributed by atoms with Gasteiger partial charge in [0.2, 0.25) is 5.91 Å². The fraction of sp³-hybridized carbons (Fsp3) is 0.533. The van der Waals surface area contributed by atoms with Crippen molar-refractivity contribution in [2.75, 3.05) is 25.5 Å². The number of anilines is 1. The normalized spacial score (nSPS) is 15.8. The molecule has 1 saturated heterocycles. The summed E-state index contributed by atoms with van der Waals surface area (Å²) in [5, 5.41) is 6.93. The number of halogens is 2. The van der Waals surface area contributed by atoms with E-state index in [2.05, 4.69) is 10.6 Å². The number of amides is 1. The van der Waals surface area contributed by atoms with Gasteiger partial charge in [-0.05, 0) is 50.4 Å². The van der Waals surface area contributed by atoms with Crippen LogP contribution in [0.4, 0.5) is 5.69 Å². The third-order valence-corrected chi connectivity index (χ3v) is 4.29. The minimum absolute atomic E-state index is 0.00849. The summed E-state index contributed by atoms with van der Waals surface area (Å²) in [4.78, 5) is 12.0. The van der Waals surface area contributed by atoms with Crippen LogP contribution in [-0.2, 0) is 4.79 Å². The number of carbonyl (C=O) groups is 1. The molecule has 1 aliphatic heterocycles. The van der Waals surface area contributed by atoms with Crippen molar-refractivity contribution in [3.63, 3.8) is 0 Å². The molecule has 21 heavy (non-hydrogen) atoms. The Hall–Kier alpha value is -0.970. The number of ether oxygens (including phenoxy) is 1. The van der Waals surface area contributed by atoms with E-state index in [1.165, 1.54) is 7.11 Å². The smallest absolute Gasteiger partial charge is 0.224 e. The molecule has 0 unspecified atom stereocenters. The van der Waals surface area contributed by atoms with Gasteiger partial charge in [-0.2, -0.15) is 0 Å². The van der Waals surface area contributed by atoms with Crippen molar-refractivity contribution in [3.8, 4) is 5.75 Å². The Bertz CT molecular complexity index is 479. The number of benzene rings is 1. The van der Waals surface area contributed by atoms with E-state index >= 15 is 0 Å². The van der Waals surface area contributed by atoms with Gasteiger partial charge in [-0.15, -0.1) is 0 Å². The summed E-state index contributed by atoms with van der Waals surface area (Å²) in [6.45, 7) is 2.10. The second kappa shape index (κ2) is 7.87. The predicted molar refractivity (Wildman–Crippen MR) is 86.5 cm³/mol. The molecule has 0 radical (unpaired) electrons. The number of hydrogen-bond donors (Lipinski definition) is 2. The molecule has 4 nitrogen and oxygen atoms in total. The highest BCUT2D eigenvalue weighted by molar-refractivity contribution is 6.37. The molecule has 1 aromatic carbocycles. The van der Waals surface area contributed by atoms with Gasteiger partial charge in [0.25, 0.3) is 0 Å². The van der Waals surface area contributed by atoms with Gasteiger partial charge in [0.1, 0.15) is 0 Å². The monoisotopic (exact) mass is 330 g/mol. The van der Waals surface area contributed by atoms with Gasteiger partial charge < -0.3 is 15.4 Å². The third-order valence-electron chi connectivity index (χ3n) is 3.72. The van der Waals surface area contributed by atoms with Gasteiger partial charge in [0.15, 0.2) is 5.75 Å². The van der Waals surface area contributed by atoms with Crippen LogP contribution in [0.1, 0.15) is 25.7 Å². The number of rotatable bonds is 5. The van der Waals surface area contributed by atoms with Gasteiger partial charge in [0.05, 0.1) is 17.2 Å². The van der Waals surface area contributed by atoms with Crippen molar-refractivity contribution in [2.24, 2.45) is 5.92 Å². The molecule has 0 aliphatic carbocycles. The standard InChI is InChI=1S/C15H20Cl2N2O2/c1-21-15-12(16)8-11(9-13(15)17)19-14(20)3-2-10-4-6-18-7-5-10/h8-10,18H,2-7H2,1H3,(H,19,20). The number of methoxy groups -OCH3 is 1. The van der Waals surface area contributed by atoms with Crippen molar-refractivity contribution >= 4 is 34.8 Å². The van der Waals surface area contributed by atoms with Crippen LogP contribution in [0.5, 0.6) is 5.75 Å². The van der Waals surface area contributed by atoms with Gasteiger partial charge in [-0.1, -0.05) is 23.2 Å². The maximum absolute atomic E-state index is 12.0. The summed E-state index contributed by atoms with van der Waals surface area (Å²) in [6.07, 6.45) is 3.73. The first-order valence-electron chi connectivity index (χ1n) is 7.13. The lowest BCUT2D eigenvalue weighted by atomic mass is 9.93. The first-order chi connectivity index (χ1) is 10.1. The largest absolute Gasteiger partial charge is 0.494 e. The highest BCUT2D eigenvalue weighted by Gasteiger charge is 2.15. The van der Waals surface area contributed by atoms with Crippen LogP contribution in [0.3, 0.4) is 0 Å². The highest BCUT2D eigenvalue weighted by Crippen LogP contribution is 2.35. The van der Waals surface area contributed by atoms with Crippen molar-refractivity contribution in [2.45, 2.75) is 25.7 Å².